The lowest BCUT2D eigenvalue weighted by atomic mass is 10.1. The molecule has 6 nitrogen and oxygen atoms in total. The second kappa shape index (κ2) is 7.26. The number of urea groups is 1. The fraction of sp³-hybridized carbons (Fsp3) is 0.600. The first-order chi connectivity index (χ1) is 10.1. The summed E-state index contributed by atoms with van der Waals surface area (Å²) >= 11 is 0. The Morgan fingerprint density at radius 2 is 2.05 bits per heavy atom. The van der Waals surface area contributed by atoms with Crippen LogP contribution in [0.1, 0.15) is 26.7 Å². The van der Waals surface area contributed by atoms with Crippen molar-refractivity contribution in [2.75, 3.05) is 36.4 Å². The van der Waals surface area contributed by atoms with Crippen molar-refractivity contribution in [2.24, 2.45) is 0 Å². The summed E-state index contributed by atoms with van der Waals surface area (Å²) in [5.74, 6) is 0.916. The number of aliphatic hydroxyl groups excluding tert-OH is 1. The molecule has 0 aliphatic carbocycles. The van der Waals surface area contributed by atoms with Crippen LogP contribution in [0.3, 0.4) is 0 Å². The van der Waals surface area contributed by atoms with Gasteiger partial charge in [0.25, 0.3) is 0 Å². The Morgan fingerprint density at radius 3 is 2.57 bits per heavy atom. The van der Waals surface area contributed by atoms with Crippen LogP contribution in [-0.2, 0) is 0 Å². The second-order valence-electron chi connectivity index (χ2n) is 5.23. The Hall–Kier alpha value is -1.82. The summed E-state index contributed by atoms with van der Waals surface area (Å²) in [5.41, 5.74) is 0.696. The summed E-state index contributed by atoms with van der Waals surface area (Å²) in [6.45, 7) is 7.18. The molecule has 0 saturated carbocycles. The van der Waals surface area contributed by atoms with E-state index in [1.165, 1.54) is 0 Å². The zero-order valence-electron chi connectivity index (χ0n) is 12.7. The molecular weight excluding hydrogens is 268 g/mol. The highest BCUT2D eigenvalue weighted by molar-refractivity contribution is 5.89. The van der Waals surface area contributed by atoms with E-state index in [1.54, 1.807) is 11.1 Å². The van der Waals surface area contributed by atoms with Crippen molar-refractivity contribution in [3.63, 3.8) is 0 Å². The summed E-state index contributed by atoms with van der Waals surface area (Å²) < 4.78 is 0. The van der Waals surface area contributed by atoms with Gasteiger partial charge in [0.15, 0.2) is 0 Å². The fourth-order valence-electron chi connectivity index (χ4n) is 2.47. The Balaban J connectivity index is 1.92. The van der Waals surface area contributed by atoms with Gasteiger partial charge in [0, 0.05) is 26.2 Å². The third-order valence-corrected chi connectivity index (χ3v) is 3.84. The van der Waals surface area contributed by atoms with E-state index in [0.29, 0.717) is 31.6 Å². The zero-order chi connectivity index (χ0) is 15.2. The van der Waals surface area contributed by atoms with Gasteiger partial charge in [-0.25, -0.2) is 9.78 Å². The molecule has 0 atom stereocenters. The number of hydrogen-bond donors (Lipinski definition) is 2. The smallest absolute Gasteiger partial charge is 0.321 e. The first-order valence-electron chi connectivity index (χ1n) is 7.59. The zero-order valence-corrected chi connectivity index (χ0v) is 12.7. The number of pyridine rings is 1. The molecule has 1 aromatic rings. The molecular formula is C15H24N4O2. The van der Waals surface area contributed by atoms with Crippen LogP contribution in [-0.4, -0.2) is 53.3 Å². The highest BCUT2D eigenvalue weighted by Gasteiger charge is 2.21. The summed E-state index contributed by atoms with van der Waals surface area (Å²) in [5, 5.41) is 12.3. The summed E-state index contributed by atoms with van der Waals surface area (Å²) in [6, 6.07) is 3.67. The molecule has 0 radical (unpaired) electrons. The average Bonchev–Trinajstić information content (AvgIpc) is 2.51. The molecule has 0 aromatic carbocycles. The molecule has 0 spiro atoms. The number of aromatic nitrogens is 1. The van der Waals surface area contributed by atoms with Crippen LogP contribution in [0.2, 0.25) is 0 Å². The van der Waals surface area contributed by atoms with Gasteiger partial charge >= 0.3 is 6.03 Å². The number of amides is 2. The Bertz CT molecular complexity index is 451. The fourth-order valence-corrected chi connectivity index (χ4v) is 2.47. The van der Waals surface area contributed by atoms with Crippen LogP contribution in [0.15, 0.2) is 18.3 Å². The van der Waals surface area contributed by atoms with Crippen LogP contribution >= 0.6 is 0 Å². The minimum Gasteiger partial charge on any atom is -0.393 e. The van der Waals surface area contributed by atoms with Crippen LogP contribution in [0.5, 0.6) is 0 Å². The minimum absolute atomic E-state index is 0.126. The van der Waals surface area contributed by atoms with Crippen molar-refractivity contribution in [3.05, 3.63) is 18.3 Å². The molecule has 1 aliphatic rings. The highest BCUT2D eigenvalue weighted by Crippen LogP contribution is 2.16. The third kappa shape index (κ3) is 4.07. The van der Waals surface area contributed by atoms with E-state index in [4.69, 9.17) is 0 Å². The SMILES string of the molecule is CCN(CC)c1ccc(NC(=O)N2CCC(O)CC2)cn1. The number of rotatable bonds is 4. The van der Waals surface area contributed by atoms with Crippen molar-refractivity contribution < 1.29 is 9.90 Å². The van der Waals surface area contributed by atoms with Crippen LogP contribution in [0, 0.1) is 0 Å². The standard InChI is InChI=1S/C15H24N4O2/c1-3-18(4-2)14-6-5-12(11-16-14)17-15(21)19-9-7-13(20)8-10-19/h5-6,11,13,20H,3-4,7-10H2,1-2H3,(H,17,21). The van der Waals surface area contributed by atoms with Crippen LogP contribution in [0.4, 0.5) is 16.3 Å². The van der Waals surface area contributed by atoms with Gasteiger partial charge in [-0.1, -0.05) is 0 Å². The van der Waals surface area contributed by atoms with E-state index in [9.17, 15) is 9.90 Å². The molecule has 2 rings (SSSR count). The molecule has 1 aliphatic heterocycles. The maximum absolute atomic E-state index is 12.1. The highest BCUT2D eigenvalue weighted by atomic mass is 16.3. The molecule has 0 bridgehead atoms. The van der Waals surface area contributed by atoms with Crippen LogP contribution < -0.4 is 10.2 Å². The van der Waals surface area contributed by atoms with Crippen molar-refractivity contribution >= 4 is 17.5 Å². The lowest BCUT2D eigenvalue weighted by molar-refractivity contribution is 0.0972. The van der Waals surface area contributed by atoms with Gasteiger partial charge in [0.1, 0.15) is 5.82 Å². The topological polar surface area (TPSA) is 68.7 Å². The minimum atomic E-state index is -0.274. The van der Waals surface area contributed by atoms with E-state index in [2.05, 4.69) is 29.0 Å². The first kappa shape index (κ1) is 15.6. The molecule has 2 N–H and O–H groups in total. The third-order valence-electron chi connectivity index (χ3n) is 3.84. The van der Waals surface area contributed by atoms with Gasteiger partial charge in [-0.15, -0.1) is 0 Å². The normalized spacial score (nSPS) is 15.9. The molecule has 0 unspecified atom stereocenters. The average molecular weight is 292 g/mol. The van der Waals surface area contributed by atoms with Crippen molar-refractivity contribution in [1.29, 1.82) is 0 Å². The molecule has 1 fully saturated rings. The monoisotopic (exact) mass is 292 g/mol. The Kier molecular flexibility index (Phi) is 5.38. The second-order valence-corrected chi connectivity index (χ2v) is 5.23. The van der Waals surface area contributed by atoms with Crippen molar-refractivity contribution in [1.82, 2.24) is 9.88 Å². The van der Waals surface area contributed by atoms with Gasteiger partial charge in [-0.3, -0.25) is 0 Å². The molecule has 2 amide bonds. The predicted octanol–water partition coefficient (Wildman–Crippen LogP) is 1.92. The molecule has 116 valence electrons. The summed E-state index contributed by atoms with van der Waals surface area (Å²) in [7, 11) is 0. The number of hydrogen-bond acceptors (Lipinski definition) is 4. The Labute approximate surface area is 125 Å². The maximum atomic E-state index is 12.1. The lowest BCUT2D eigenvalue weighted by Gasteiger charge is -2.29. The van der Waals surface area contributed by atoms with E-state index in [1.807, 2.05) is 12.1 Å². The van der Waals surface area contributed by atoms with E-state index in [0.717, 1.165) is 18.9 Å². The van der Waals surface area contributed by atoms with Gasteiger partial charge in [-0.2, -0.15) is 0 Å². The number of nitrogens with zero attached hydrogens (tertiary/aromatic N) is 3. The van der Waals surface area contributed by atoms with E-state index in [-0.39, 0.29) is 12.1 Å². The first-order valence-corrected chi connectivity index (χ1v) is 7.59. The number of aliphatic hydroxyl groups is 1. The largest absolute Gasteiger partial charge is 0.393 e. The van der Waals surface area contributed by atoms with E-state index >= 15 is 0 Å². The van der Waals surface area contributed by atoms with Gasteiger partial charge in [0.05, 0.1) is 18.0 Å². The number of anilines is 2. The van der Waals surface area contributed by atoms with Crippen molar-refractivity contribution in [3.8, 4) is 0 Å². The van der Waals surface area contributed by atoms with Crippen molar-refractivity contribution in [2.45, 2.75) is 32.8 Å². The van der Waals surface area contributed by atoms with E-state index < -0.39 is 0 Å². The molecule has 2 heterocycles. The number of carbonyl (C=O) groups is 1. The number of likely N-dealkylation sites (tertiary alicyclic amines) is 1. The molecule has 1 saturated heterocycles. The Morgan fingerprint density at radius 1 is 1.38 bits per heavy atom. The maximum Gasteiger partial charge on any atom is 0.321 e. The van der Waals surface area contributed by atoms with Gasteiger partial charge in [-0.05, 0) is 38.8 Å². The summed E-state index contributed by atoms with van der Waals surface area (Å²) in [6.07, 6.45) is 2.70. The van der Waals surface area contributed by atoms with Gasteiger partial charge in [0.2, 0.25) is 0 Å². The number of carbonyl (C=O) groups excluding carboxylic acids is 1. The molecule has 6 heteroatoms. The van der Waals surface area contributed by atoms with Crippen LogP contribution in [0.25, 0.3) is 0 Å². The number of nitrogens with one attached hydrogen (secondary N) is 1. The summed E-state index contributed by atoms with van der Waals surface area (Å²) in [4.78, 5) is 20.4. The van der Waals surface area contributed by atoms with Gasteiger partial charge < -0.3 is 20.2 Å². The lowest BCUT2D eigenvalue weighted by Crippen LogP contribution is -2.42. The molecule has 21 heavy (non-hydrogen) atoms. The number of piperidine rings is 1. The quantitative estimate of drug-likeness (QED) is 0.889. The molecule has 1 aromatic heterocycles. The predicted molar refractivity (Wildman–Crippen MR) is 83.6 cm³/mol.